The van der Waals surface area contributed by atoms with Crippen molar-refractivity contribution in [1.82, 2.24) is 0 Å². The smallest absolute Gasteiger partial charge is 0.0248 e. The minimum absolute atomic E-state index is 0.698. The molecule has 0 fully saturated rings. The molecule has 0 atom stereocenters. The highest BCUT2D eigenvalue weighted by molar-refractivity contribution is 6.17. The summed E-state index contributed by atoms with van der Waals surface area (Å²) in [6.45, 7) is 4.39. The maximum Gasteiger partial charge on any atom is 0.0248 e. The monoisotopic (exact) mass is 234 g/mol. The molecule has 0 radical (unpaired) electrons. The molecule has 0 aliphatic heterocycles. The van der Waals surface area contributed by atoms with Crippen LogP contribution in [0.1, 0.15) is 43.4 Å². The van der Waals surface area contributed by atoms with Crippen molar-refractivity contribution in [1.29, 1.82) is 0 Å². The molecule has 1 aromatic carbocycles. The molecule has 0 heterocycles. The van der Waals surface area contributed by atoms with E-state index in [1.54, 1.807) is 0 Å². The molecular formula is C15H19Cl. The highest BCUT2D eigenvalue weighted by Gasteiger charge is 1.98. The number of hydrogen-bond donors (Lipinski definition) is 0. The summed E-state index contributed by atoms with van der Waals surface area (Å²) in [5.41, 5.74) is 3.99. The highest BCUT2D eigenvalue weighted by atomic mass is 35.5. The number of aryl methyl sites for hydroxylation is 2. The summed E-state index contributed by atoms with van der Waals surface area (Å²) >= 11 is 5.60. The fraction of sp³-hybridized carbons (Fsp3) is 0.467. The second-order valence-corrected chi connectivity index (χ2v) is 4.16. The van der Waals surface area contributed by atoms with Gasteiger partial charge in [0.05, 0.1) is 0 Å². The topological polar surface area (TPSA) is 0 Å². The lowest BCUT2D eigenvalue weighted by Gasteiger charge is -2.05. The maximum atomic E-state index is 5.60. The zero-order chi connectivity index (χ0) is 11.8. The van der Waals surface area contributed by atoms with Crippen LogP contribution >= 0.6 is 11.6 Å². The van der Waals surface area contributed by atoms with Gasteiger partial charge in [-0.2, -0.15) is 0 Å². The van der Waals surface area contributed by atoms with Crippen LogP contribution in [0.3, 0.4) is 0 Å². The molecule has 0 spiro atoms. The Bertz CT molecular complexity index is 382. The van der Waals surface area contributed by atoms with Gasteiger partial charge in [0, 0.05) is 17.9 Å². The Labute approximate surface area is 104 Å². The molecule has 86 valence electrons. The Balaban J connectivity index is 2.77. The molecule has 1 heteroatoms. The van der Waals surface area contributed by atoms with E-state index in [1.807, 2.05) is 0 Å². The number of unbranched alkanes of at least 4 members (excludes halogenated alkanes) is 1. The second-order valence-electron chi connectivity index (χ2n) is 3.78. The van der Waals surface area contributed by atoms with Crippen LogP contribution in [0.4, 0.5) is 0 Å². The van der Waals surface area contributed by atoms with E-state index in [0.717, 1.165) is 31.2 Å². The lowest BCUT2D eigenvalue weighted by atomic mass is 10.0. The first-order valence-corrected chi connectivity index (χ1v) is 6.51. The maximum absolute atomic E-state index is 5.60. The molecule has 0 nitrogen and oxygen atoms in total. The third-order valence-corrected chi connectivity index (χ3v) is 2.90. The zero-order valence-electron chi connectivity index (χ0n) is 10.1. The van der Waals surface area contributed by atoms with Crippen LogP contribution in [0.5, 0.6) is 0 Å². The Hall–Kier alpha value is -0.930. The summed E-state index contributed by atoms with van der Waals surface area (Å²) in [5.74, 6) is 7.05. The van der Waals surface area contributed by atoms with Gasteiger partial charge in [0.25, 0.3) is 0 Å². The molecular weight excluding hydrogens is 216 g/mol. The molecule has 1 aromatic rings. The highest BCUT2D eigenvalue weighted by Crippen LogP contribution is 2.13. The van der Waals surface area contributed by atoms with Gasteiger partial charge in [-0.3, -0.25) is 0 Å². The predicted octanol–water partition coefficient (Wildman–Crippen LogP) is 4.18. The first-order chi connectivity index (χ1) is 7.81. The summed E-state index contributed by atoms with van der Waals surface area (Å²) in [4.78, 5) is 0. The number of alkyl halides is 1. The van der Waals surface area contributed by atoms with Gasteiger partial charge in [-0.15, -0.1) is 11.6 Å². The third-order valence-electron chi connectivity index (χ3n) is 2.64. The quantitative estimate of drug-likeness (QED) is 0.417. The molecule has 0 aliphatic rings. The van der Waals surface area contributed by atoms with Gasteiger partial charge in [-0.1, -0.05) is 31.8 Å². The minimum atomic E-state index is 0.698. The van der Waals surface area contributed by atoms with E-state index in [4.69, 9.17) is 11.6 Å². The molecule has 16 heavy (non-hydrogen) atoms. The summed E-state index contributed by atoms with van der Waals surface area (Å²) in [7, 11) is 0. The van der Waals surface area contributed by atoms with Gasteiger partial charge in [-0.05, 0) is 42.5 Å². The van der Waals surface area contributed by atoms with Crippen molar-refractivity contribution in [2.75, 3.05) is 5.88 Å². The molecule has 0 aliphatic carbocycles. The van der Waals surface area contributed by atoms with Crippen LogP contribution in [-0.4, -0.2) is 5.88 Å². The van der Waals surface area contributed by atoms with E-state index < -0.39 is 0 Å². The second kappa shape index (κ2) is 7.36. The molecule has 0 unspecified atom stereocenters. The molecule has 0 bridgehead atoms. The summed E-state index contributed by atoms with van der Waals surface area (Å²) < 4.78 is 0. The summed E-state index contributed by atoms with van der Waals surface area (Å²) in [6.07, 6.45) is 4.05. The Morgan fingerprint density at radius 1 is 1.12 bits per heavy atom. The van der Waals surface area contributed by atoms with Gasteiger partial charge in [0.1, 0.15) is 0 Å². The summed E-state index contributed by atoms with van der Waals surface area (Å²) in [6, 6.07) is 6.53. The van der Waals surface area contributed by atoms with Crippen LogP contribution in [0.15, 0.2) is 18.2 Å². The van der Waals surface area contributed by atoms with Gasteiger partial charge in [0.15, 0.2) is 0 Å². The average Bonchev–Trinajstić information content (AvgIpc) is 2.34. The Morgan fingerprint density at radius 3 is 2.50 bits per heavy atom. The van der Waals surface area contributed by atoms with Gasteiger partial charge < -0.3 is 0 Å². The molecule has 0 saturated carbocycles. The number of benzene rings is 1. The first kappa shape index (κ1) is 13.1. The number of halogens is 1. The van der Waals surface area contributed by atoms with E-state index in [2.05, 4.69) is 43.9 Å². The van der Waals surface area contributed by atoms with Crippen molar-refractivity contribution in [3.05, 3.63) is 34.9 Å². The van der Waals surface area contributed by atoms with Crippen molar-refractivity contribution >= 4 is 11.6 Å². The normalized spacial score (nSPS) is 9.69. The fourth-order valence-electron chi connectivity index (χ4n) is 1.70. The van der Waals surface area contributed by atoms with Crippen LogP contribution in [0.2, 0.25) is 0 Å². The van der Waals surface area contributed by atoms with Gasteiger partial charge >= 0.3 is 0 Å². The SMILES string of the molecule is CCc1ccc(C#CCCCCl)cc1CC. The largest absolute Gasteiger partial charge is 0.127 e. The standard InChI is InChI=1S/C15H19Cl/c1-3-14-10-9-13(12-15(14)4-2)8-6-5-7-11-16/h9-10,12H,3-5,7,11H2,1-2H3. The van der Waals surface area contributed by atoms with Crippen molar-refractivity contribution in [3.8, 4) is 11.8 Å². The van der Waals surface area contributed by atoms with E-state index in [-0.39, 0.29) is 0 Å². The van der Waals surface area contributed by atoms with Crippen molar-refractivity contribution in [2.24, 2.45) is 0 Å². The first-order valence-electron chi connectivity index (χ1n) is 5.98. The minimum Gasteiger partial charge on any atom is -0.127 e. The van der Waals surface area contributed by atoms with E-state index >= 15 is 0 Å². The Kier molecular flexibility index (Phi) is 6.04. The van der Waals surface area contributed by atoms with Crippen molar-refractivity contribution in [3.63, 3.8) is 0 Å². The third kappa shape index (κ3) is 3.91. The molecule has 0 amide bonds. The number of hydrogen-bond acceptors (Lipinski definition) is 0. The van der Waals surface area contributed by atoms with Gasteiger partial charge in [0.2, 0.25) is 0 Å². The van der Waals surface area contributed by atoms with Crippen LogP contribution < -0.4 is 0 Å². The van der Waals surface area contributed by atoms with E-state index in [9.17, 15) is 0 Å². The Morgan fingerprint density at radius 2 is 1.88 bits per heavy atom. The van der Waals surface area contributed by atoms with Crippen LogP contribution in [0, 0.1) is 11.8 Å². The molecule has 0 aromatic heterocycles. The molecule has 1 rings (SSSR count). The predicted molar refractivity (Wildman–Crippen MR) is 72.0 cm³/mol. The van der Waals surface area contributed by atoms with Crippen molar-refractivity contribution in [2.45, 2.75) is 39.5 Å². The average molecular weight is 235 g/mol. The zero-order valence-corrected chi connectivity index (χ0v) is 10.9. The van der Waals surface area contributed by atoms with Gasteiger partial charge in [-0.25, -0.2) is 0 Å². The molecule has 0 saturated heterocycles. The van der Waals surface area contributed by atoms with Crippen LogP contribution in [0.25, 0.3) is 0 Å². The number of rotatable bonds is 4. The van der Waals surface area contributed by atoms with E-state index in [0.29, 0.717) is 5.88 Å². The lowest BCUT2D eigenvalue weighted by molar-refractivity contribution is 0.991. The molecule has 0 N–H and O–H groups in total. The summed E-state index contributed by atoms with van der Waals surface area (Å²) in [5, 5.41) is 0. The van der Waals surface area contributed by atoms with Crippen molar-refractivity contribution < 1.29 is 0 Å². The van der Waals surface area contributed by atoms with E-state index in [1.165, 1.54) is 11.1 Å². The van der Waals surface area contributed by atoms with Crippen LogP contribution in [-0.2, 0) is 12.8 Å². The lowest BCUT2D eigenvalue weighted by Crippen LogP contribution is -1.91. The fourth-order valence-corrected chi connectivity index (χ4v) is 1.83.